The van der Waals surface area contributed by atoms with Gasteiger partial charge in [0.05, 0.1) is 29.6 Å². The molecule has 0 saturated heterocycles. The minimum absolute atomic E-state index is 0.230. The lowest BCUT2D eigenvalue weighted by Gasteiger charge is -2.14. The number of methoxy groups -OCH3 is 1. The van der Waals surface area contributed by atoms with Crippen LogP contribution in [0.15, 0.2) is 70.3 Å². The van der Waals surface area contributed by atoms with Crippen LogP contribution in [0.2, 0.25) is 0 Å². The second-order valence-electron chi connectivity index (χ2n) is 8.24. The number of hydrogen-bond donors (Lipinski definition) is 2. The van der Waals surface area contributed by atoms with E-state index >= 15 is 0 Å². The molecule has 0 atom stereocenters. The second kappa shape index (κ2) is 9.42. The summed E-state index contributed by atoms with van der Waals surface area (Å²) in [6, 6.07) is 16.4. The molecule has 1 aliphatic carbocycles. The van der Waals surface area contributed by atoms with Crippen LogP contribution in [0.4, 0.5) is 5.69 Å². The maximum absolute atomic E-state index is 13.2. The fourth-order valence-corrected chi connectivity index (χ4v) is 4.39. The zero-order valence-electron chi connectivity index (χ0n) is 19.4. The van der Waals surface area contributed by atoms with Crippen LogP contribution >= 0.6 is 0 Å². The highest BCUT2D eigenvalue weighted by Crippen LogP contribution is 2.31. The number of furan rings is 1. The van der Waals surface area contributed by atoms with Gasteiger partial charge in [-0.25, -0.2) is 5.43 Å². The van der Waals surface area contributed by atoms with E-state index < -0.39 is 0 Å². The minimum Gasteiger partial charge on any atom is -0.496 e. The average Bonchev–Trinajstić information content (AvgIpc) is 3.24. The molecule has 8 nitrogen and oxygen atoms in total. The second-order valence-corrected chi connectivity index (χ2v) is 8.24. The summed E-state index contributed by atoms with van der Waals surface area (Å²) >= 11 is 0. The van der Waals surface area contributed by atoms with Gasteiger partial charge in [0.2, 0.25) is 0 Å². The molecule has 2 N–H and O–H groups in total. The van der Waals surface area contributed by atoms with Gasteiger partial charge in [0.15, 0.2) is 5.76 Å². The van der Waals surface area contributed by atoms with Crippen LogP contribution < -0.4 is 15.5 Å². The number of pyridine rings is 1. The van der Waals surface area contributed by atoms with E-state index in [0.29, 0.717) is 52.4 Å². The lowest BCUT2D eigenvalue weighted by Crippen LogP contribution is -2.22. The molecule has 0 spiro atoms. The number of aryl methyl sites for hydroxylation is 1. The molecule has 0 unspecified atom stereocenters. The monoisotopic (exact) mass is 468 g/mol. The Bertz CT molecular complexity index is 1470. The molecule has 2 aromatic carbocycles. The summed E-state index contributed by atoms with van der Waals surface area (Å²) in [5, 5.41) is 8.26. The van der Waals surface area contributed by atoms with Crippen LogP contribution in [0.3, 0.4) is 0 Å². The van der Waals surface area contributed by atoms with Crippen LogP contribution in [0.25, 0.3) is 10.9 Å². The van der Waals surface area contributed by atoms with Crippen molar-refractivity contribution in [3.63, 3.8) is 0 Å². The van der Waals surface area contributed by atoms with Crippen molar-refractivity contribution in [2.45, 2.75) is 26.2 Å². The molecule has 4 aromatic rings. The van der Waals surface area contributed by atoms with Crippen molar-refractivity contribution in [1.82, 2.24) is 10.4 Å². The quantitative estimate of drug-likeness (QED) is 0.407. The maximum atomic E-state index is 13.2. The molecule has 176 valence electrons. The van der Waals surface area contributed by atoms with Crippen LogP contribution in [-0.4, -0.2) is 29.6 Å². The number of carbonyl (C=O) groups is 2. The van der Waals surface area contributed by atoms with E-state index in [1.165, 1.54) is 7.11 Å². The fourth-order valence-electron chi connectivity index (χ4n) is 4.39. The molecule has 2 heterocycles. The van der Waals surface area contributed by atoms with E-state index in [0.717, 1.165) is 17.4 Å². The molecule has 0 fully saturated rings. The van der Waals surface area contributed by atoms with E-state index in [1.807, 2.05) is 37.3 Å². The lowest BCUT2D eigenvalue weighted by atomic mass is 9.93. The number of ether oxygens (including phenoxy) is 1. The van der Waals surface area contributed by atoms with E-state index in [-0.39, 0.29) is 17.6 Å². The van der Waals surface area contributed by atoms with Crippen LogP contribution in [0.5, 0.6) is 5.75 Å². The Balaban J connectivity index is 1.41. The van der Waals surface area contributed by atoms with Crippen molar-refractivity contribution in [1.29, 1.82) is 0 Å². The molecule has 0 bridgehead atoms. The van der Waals surface area contributed by atoms with Gasteiger partial charge in [0.25, 0.3) is 11.8 Å². The first kappa shape index (κ1) is 22.3. The third kappa shape index (κ3) is 4.26. The summed E-state index contributed by atoms with van der Waals surface area (Å²) in [5.74, 6) is 0.668. The number of rotatable bonds is 5. The van der Waals surface area contributed by atoms with E-state index in [2.05, 4.69) is 20.8 Å². The molecule has 0 aliphatic heterocycles. The van der Waals surface area contributed by atoms with Crippen molar-refractivity contribution in [3.8, 4) is 5.75 Å². The van der Waals surface area contributed by atoms with Crippen LogP contribution in [-0.2, 0) is 6.42 Å². The Hall–Kier alpha value is -4.46. The van der Waals surface area contributed by atoms with Gasteiger partial charge in [-0.2, -0.15) is 5.10 Å². The van der Waals surface area contributed by atoms with Gasteiger partial charge >= 0.3 is 0 Å². The zero-order valence-corrected chi connectivity index (χ0v) is 19.4. The molecular formula is C27H24N4O4. The number of para-hydroxylation sites is 2. The van der Waals surface area contributed by atoms with Crippen molar-refractivity contribution in [2.75, 3.05) is 12.4 Å². The Kier molecular flexibility index (Phi) is 6.01. The first-order valence-corrected chi connectivity index (χ1v) is 11.3. The Morgan fingerprint density at radius 2 is 1.86 bits per heavy atom. The molecular weight excluding hydrogens is 444 g/mol. The Morgan fingerprint density at radius 1 is 1.03 bits per heavy atom. The van der Waals surface area contributed by atoms with Gasteiger partial charge < -0.3 is 14.5 Å². The number of nitrogens with zero attached hydrogens (tertiary/aromatic N) is 2. The third-order valence-electron chi connectivity index (χ3n) is 6.06. The standard InChI is InChI=1S/C27H24N4O4/c1-16-23-19(30-31-26(32)18-10-3-4-13-21(18)34-2)11-6-14-22(23)35-25(16)27(33)29-20-12-5-8-17-9-7-15-28-24(17)20/h3-5,7-10,12-13,15H,6,11,14H2,1-2H3,(H,29,33)(H,31,32)/b30-19+. The molecule has 0 radical (unpaired) electrons. The smallest absolute Gasteiger partial charge is 0.291 e. The fraction of sp³-hybridized carbons (Fsp3) is 0.185. The number of carbonyl (C=O) groups excluding carboxylic acids is 2. The number of benzene rings is 2. The van der Waals surface area contributed by atoms with E-state index in [9.17, 15) is 9.59 Å². The predicted molar refractivity (Wildman–Crippen MR) is 133 cm³/mol. The summed E-state index contributed by atoms with van der Waals surface area (Å²) in [4.78, 5) is 30.3. The molecule has 8 heteroatoms. The number of hydrazone groups is 1. The number of nitrogens with one attached hydrogen (secondary N) is 2. The summed E-state index contributed by atoms with van der Waals surface area (Å²) in [6.45, 7) is 1.83. The topological polar surface area (TPSA) is 106 Å². The lowest BCUT2D eigenvalue weighted by molar-refractivity contribution is 0.0950. The highest BCUT2D eigenvalue weighted by atomic mass is 16.5. The van der Waals surface area contributed by atoms with Crippen LogP contribution in [0.1, 0.15) is 50.6 Å². The normalized spacial score (nSPS) is 13.9. The molecule has 0 saturated carbocycles. The number of hydrogen-bond acceptors (Lipinski definition) is 6. The van der Waals surface area contributed by atoms with Crippen molar-refractivity contribution in [2.24, 2.45) is 5.10 Å². The zero-order chi connectivity index (χ0) is 24.4. The Labute approximate surface area is 202 Å². The Morgan fingerprint density at radius 3 is 2.71 bits per heavy atom. The number of amides is 2. The van der Waals surface area contributed by atoms with Crippen molar-refractivity contribution >= 4 is 34.1 Å². The highest BCUT2D eigenvalue weighted by Gasteiger charge is 2.28. The molecule has 2 aromatic heterocycles. The highest BCUT2D eigenvalue weighted by molar-refractivity contribution is 6.11. The predicted octanol–water partition coefficient (Wildman–Crippen LogP) is 4.87. The molecule has 5 rings (SSSR count). The van der Waals surface area contributed by atoms with Crippen LogP contribution in [0, 0.1) is 6.92 Å². The van der Waals surface area contributed by atoms with Crippen molar-refractivity contribution < 1.29 is 18.7 Å². The number of fused-ring (bicyclic) bond motifs is 2. The minimum atomic E-state index is -0.371. The van der Waals surface area contributed by atoms with Gasteiger partial charge in [-0.05, 0) is 44.0 Å². The number of anilines is 1. The molecule has 2 amide bonds. The maximum Gasteiger partial charge on any atom is 0.291 e. The van der Waals surface area contributed by atoms with Crippen molar-refractivity contribution in [3.05, 3.63) is 89.0 Å². The SMILES string of the molecule is COc1ccccc1C(=O)N/N=C1\CCCc2oc(C(=O)Nc3cccc4cccnc34)c(C)c21. The van der Waals surface area contributed by atoms with Gasteiger partial charge in [0.1, 0.15) is 11.5 Å². The first-order chi connectivity index (χ1) is 17.1. The van der Waals surface area contributed by atoms with Gasteiger partial charge in [-0.3, -0.25) is 14.6 Å². The third-order valence-corrected chi connectivity index (χ3v) is 6.06. The molecule has 1 aliphatic rings. The van der Waals surface area contributed by atoms with E-state index in [1.54, 1.807) is 30.5 Å². The average molecular weight is 469 g/mol. The summed E-state index contributed by atoms with van der Waals surface area (Å²) in [5.41, 5.74) is 6.49. The van der Waals surface area contributed by atoms with Gasteiger partial charge in [0, 0.05) is 29.1 Å². The first-order valence-electron chi connectivity index (χ1n) is 11.3. The summed E-state index contributed by atoms with van der Waals surface area (Å²) < 4.78 is 11.3. The number of aromatic nitrogens is 1. The molecule has 35 heavy (non-hydrogen) atoms. The van der Waals surface area contributed by atoms with Gasteiger partial charge in [-0.15, -0.1) is 0 Å². The largest absolute Gasteiger partial charge is 0.496 e. The summed E-state index contributed by atoms with van der Waals surface area (Å²) in [6.07, 6.45) is 3.85. The van der Waals surface area contributed by atoms with Gasteiger partial charge in [-0.1, -0.05) is 30.3 Å². The summed E-state index contributed by atoms with van der Waals surface area (Å²) in [7, 11) is 1.52. The van der Waals surface area contributed by atoms with E-state index in [4.69, 9.17) is 9.15 Å².